The summed E-state index contributed by atoms with van der Waals surface area (Å²) in [6.07, 6.45) is 3.43. The van der Waals surface area contributed by atoms with Crippen LogP contribution in [0.4, 0.5) is 0 Å². The van der Waals surface area contributed by atoms with Crippen molar-refractivity contribution in [3.05, 3.63) is 131 Å². The van der Waals surface area contributed by atoms with Crippen molar-refractivity contribution in [2.24, 2.45) is 9.98 Å². The third-order valence-electron chi connectivity index (χ3n) is 5.31. The molecular formula is C30H30CoN2O2. The molecule has 2 N–H and O–H groups in total. The fraction of sp³-hybridized carbons (Fsp3) is 0.133. The summed E-state index contributed by atoms with van der Waals surface area (Å²) in [5, 5.41) is 19.2. The Morgan fingerprint density at radius 2 is 0.829 bits per heavy atom. The molecule has 0 saturated carbocycles. The van der Waals surface area contributed by atoms with E-state index in [4.69, 9.17) is 0 Å². The van der Waals surface area contributed by atoms with Gasteiger partial charge in [-0.15, -0.1) is 0 Å². The van der Waals surface area contributed by atoms with E-state index < -0.39 is 0 Å². The second kappa shape index (κ2) is 14.6. The van der Waals surface area contributed by atoms with E-state index in [1.54, 1.807) is 36.7 Å². The molecule has 0 aliphatic heterocycles. The average Bonchev–Trinajstić information content (AvgIpc) is 2.89. The van der Waals surface area contributed by atoms with Crippen molar-refractivity contribution >= 4 is 12.4 Å². The van der Waals surface area contributed by atoms with Crippen molar-refractivity contribution in [1.82, 2.24) is 0 Å². The summed E-state index contributed by atoms with van der Waals surface area (Å²) in [6, 6.07) is 34.7. The number of aromatic hydroxyl groups is 2. The first-order chi connectivity index (χ1) is 16.5. The van der Waals surface area contributed by atoms with E-state index in [1.807, 2.05) is 98.8 Å². The number of nitrogens with zero attached hydrogens (tertiary/aromatic N) is 2. The first-order valence-corrected chi connectivity index (χ1v) is 11.3. The van der Waals surface area contributed by atoms with Crippen molar-refractivity contribution in [2.45, 2.75) is 25.9 Å². The summed E-state index contributed by atoms with van der Waals surface area (Å²) < 4.78 is 0. The zero-order chi connectivity index (χ0) is 24.2. The zero-order valence-corrected chi connectivity index (χ0v) is 20.9. The number of rotatable bonds is 6. The number of aliphatic imine (C=N–C) groups is 2. The minimum atomic E-state index is 0. The third-order valence-corrected chi connectivity index (χ3v) is 5.31. The summed E-state index contributed by atoms with van der Waals surface area (Å²) in [4.78, 5) is 8.88. The first kappa shape index (κ1) is 27.6. The van der Waals surface area contributed by atoms with Crippen LogP contribution < -0.4 is 0 Å². The van der Waals surface area contributed by atoms with Crippen LogP contribution in [0, 0.1) is 0 Å². The van der Waals surface area contributed by atoms with Crippen molar-refractivity contribution in [3.8, 4) is 11.5 Å². The predicted molar refractivity (Wildman–Crippen MR) is 141 cm³/mol. The molecule has 0 aliphatic rings. The van der Waals surface area contributed by atoms with Crippen molar-refractivity contribution in [3.63, 3.8) is 0 Å². The maximum atomic E-state index is 9.60. The normalized spacial score (nSPS) is 12.4. The third kappa shape index (κ3) is 8.89. The number of hydrogen-bond donors (Lipinski definition) is 2. The second-order valence-corrected chi connectivity index (χ2v) is 7.85. The minimum Gasteiger partial charge on any atom is -0.507 e. The van der Waals surface area contributed by atoms with Gasteiger partial charge in [0.05, 0.1) is 12.1 Å². The smallest absolute Gasteiger partial charge is 0.124 e. The Bertz CT molecular complexity index is 1110. The molecule has 0 aliphatic carbocycles. The van der Waals surface area contributed by atoms with Gasteiger partial charge in [-0.05, 0) is 49.2 Å². The van der Waals surface area contributed by atoms with Gasteiger partial charge in [-0.25, -0.2) is 0 Å². The Morgan fingerprint density at radius 3 is 1.17 bits per heavy atom. The van der Waals surface area contributed by atoms with Gasteiger partial charge < -0.3 is 10.2 Å². The zero-order valence-electron chi connectivity index (χ0n) is 19.8. The maximum absolute atomic E-state index is 9.60. The van der Waals surface area contributed by atoms with Gasteiger partial charge >= 0.3 is 0 Å². The summed E-state index contributed by atoms with van der Waals surface area (Å²) >= 11 is 0. The SMILES string of the molecule is C[C@H](N=Cc1ccccc1O)c1ccccc1.C[C@H](N=Cc1ccccc1O)c1ccccc1.[Co]. The fourth-order valence-electron chi connectivity index (χ4n) is 3.21. The number of phenols is 2. The topological polar surface area (TPSA) is 65.2 Å². The van der Waals surface area contributed by atoms with Crippen LogP contribution in [0.15, 0.2) is 119 Å². The van der Waals surface area contributed by atoms with Crippen LogP contribution in [0.3, 0.4) is 0 Å². The van der Waals surface area contributed by atoms with Crippen molar-refractivity contribution in [1.29, 1.82) is 0 Å². The van der Waals surface area contributed by atoms with E-state index in [0.717, 1.165) is 11.1 Å². The van der Waals surface area contributed by atoms with E-state index >= 15 is 0 Å². The standard InChI is InChI=1S/2C15H15NO.Co/c2*1-12(13-7-3-2-4-8-13)16-11-14-9-5-6-10-15(14)17;/h2*2-12,17H,1H3;/t2*12-;/m00./s1. The molecular weight excluding hydrogens is 479 g/mol. The molecule has 0 bridgehead atoms. The van der Waals surface area contributed by atoms with Gasteiger partial charge in [0.2, 0.25) is 0 Å². The van der Waals surface area contributed by atoms with Gasteiger partial charge in [-0.2, -0.15) is 0 Å². The Balaban J connectivity index is 0.000000240. The average molecular weight is 510 g/mol. The van der Waals surface area contributed by atoms with Crippen LogP contribution in [0.1, 0.15) is 48.2 Å². The summed E-state index contributed by atoms with van der Waals surface area (Å²) in [5.41, 5.74) is 3.82. The minimum absolute atomic E-state index is 0. The summed E-state index contributed by atoms with van der Waals surface area (Å²) in [6.45, 7) is 4.07. The van der Waals surface area contributed by atoms with E-state index in [-0.39, 0.29) is 40.4 Å². The molecule has 0 aromatic heterocycles. The molecule has 5 heteroatoms. The van der Waals surface area contributed by atoms with Gasteiger partial charge in [-0.1, -0.05) is 84.9 Å². The number of hydrogen-bond acceptors (Lipinski definition) is 4. The number of phenolic OH excluding ortho intramolecular Hbond substituents is 2. The number of para-hydroxylation sites is 2. The van der Waals surface area contributed by atoms with Crippen LogP contribution >= 0.6 is 0 Å². The van der Waals surface area contributed by atoms with Gasteiger partial charge in [0.1, 0.15) is 11.5 Å². The molecule has 0 unspecified atom stereocenters. The molecule has 0 heterocycles. The largest absolute Gasteiger partial charge is 0.507 e. The molecule has 0 amide bonds. The predicted octanol–water partition coefficient (Wildman–Crippen LogP) is 7.14. The van der Waals surface area contributed by atoms with Crippen molar-refractivity contribution in [2.75, 3.05) is 0 Å². The van der Waals surface area contributed by atoms with Crippen LogP contribution in [-0.2, 0) is 16.8 Å². The molecule has 0 fully saturated rings. The quantitative estimate of drug-likeness (QED) is 0.271. The van der Waals surface area contributed by atoms with Gasteiger partial charge in [0, 0.05) is 40.3 Å². The number of benzene rings is 4. The van der Waals surface area contributed by atoms with Crippen LogP contribution in [0.2, 0.25) is 0 Å². The molecule has 181 valence electrons. The maximum Gasteiger partial charge on any atom is 0.124 e. The molecule has 4 aromatic carbocycles. The molecule has 4 rings (SSSR count). The van der Waals surface area contributed by atoms with E-state index in [9.17, 15) is 10.2 Å². The molecule has 35 heavy (non-hydrogen) atoms. The molecule has 2 atom stereocenters. The fourth-order valence-corrected chi connectivity index (χ4v) is 3.21. The Morgan fingerprint density at radius 1 is 0.514 bits per heavy atom. The summed E-state index contributed by atoms with van der Waals surface area (Å²) in [7, 11) is 0. The van der Waals surface area contributed by atoms with Gasteiger partial charge in [0.15, 0.2) is 0 Å². The van der Waals surface area contributed by atoms with E-state index in [2.05, 4.69) is 9.98 Å². The van der Waals surface area contributed by atoms with Crippen LogP contribution in [0.25, 0.3) is 0 Å². The molecule has 1 radical (unpaired) electrons. The van der Waals surface area contributed by atoms with Crippen LogP contribution in [-0.4, -0.2) is 22.6 Å². The van der Waals surface area contributed by atoms with E-state index in [0.29, 0.717) is 0 Å². The van der Waals surface area contributed by atoms with Crippen LogP contribution in [0.5, 0.6) is 11.5 Å². The first-order valence-electron chi connectivity index (χ1n) is 11.3. The molecule has 4 nitrogen and oxygen atoms in total. The summed E-state index contributed by atoms with van der Waals surface area (Å²) in [5.74, 6) is 0.521. The Labute approximate surface area is 217 Å². The van der Waals surface area contributed by atoms with Gasteiger partial charge in [-0.3, -0.25) is 9.98 Å². The Kier molecular flexibility index (Phi) is 11.5. The monoisotopic (exact) mass is 509 g/mol. The van der Waals surface area contributed by atoms with E-state index in [1.165, 1.54) is 11.1 Å². The van der Waals surface area contributed by atoms with Crippen molar-refractivity contribution < 1.29 is 27.0 Å². The Hall–Kier alpha value is -3.67. The second-order valence-electron chi connectivity index (χ2n) is 7.85. The molecule has 4 aromatic rings. The molecule has 0 spiro atoms. The molecule has 0 saturated heterocycles. The van der Waals surface area contributed by atoms with Gasteiger partial charge in [0.25, 0.3) is 0 Å².